The first-order valence-corrected chi connectivity index (χ1v) is 11.4. The smallest absolute Gasteiger partial charge is 0.276 e. The van der Waals surface area contributed by atoms with Crippen LogP contribution in [0.25, 0.3) is 11.3 Å². The Labute approximate surface area is 198 Å². The number of ether oxygens (including phenoxy) is 2. The second kappa shape index (κ2) is 11.5. The van der Waals surface area contributed by atoms with E-state index < -0.39 is 0 Å². The van der Waals surface area contributed by atoms with E-state index in [1.54, 1.807) is 18.1 Å². The Balaban J connectivity index is 1.41. The first-order chi connectivity index (χ1) is 16.6. The molecule has 4 rings (SSSR count). The lowest BCUT2D eigenvalue weighted by Crippen LogP contribution is -2.40. The predicted molar refractivity (Wildman–Crippen MR) is 126 cm³/mol. The topological polar surface area (TPSA) is 93.9 Å². The van der Waals surface area contributed by atoms with Crippen LogP contribution in [0.1, 0.15) is 35.3 Å². The van der Waals surface area contributed by atoms with Gasteiger partial charge >= 0.3 is 0 Å². The molecule has 0 radical (unpaired) electrons. The van der Waals surface area contributed by atoms with Crippen molar-refractivity contribution in [3.8, 4) is 17.1 Å². The van der Waals surface area contributed by atoms with Crippen LogP contribution in [0.3, 0.4) is 0 Å². The molecule has 1 aromatic heterocycles. The molecule has 1 saturated heterocycles. The molecule has 2 heterocycles. The van der Waals surface area contributed by atoms with Crippen molar-refractivity contribution in [1.82, 2.24) is 15.4 Å². The third kappa shape index (κ3) is 6.23. The molecule has 1 fully saturated rings. The number of carbonyl (C=O) groups is 2. The Morgan fingerprint density at radius 1 is 1.15 bits per heavy atom. The lowest BCUT2D eigenvalue weighted by atomic mass is 10.1. The van der Waals surface area contributed by atoms with E-state index in [1.807, 2.05) is 54.6 Å². The molecule has 3 aromatic rings. The van der Waals surface area contributed by atoms with Gasteiger partial charge in [0.1, 0.15) is 5.75 Å². The Bertz CT molecular complexity index is 1090. The molecule has 0 aliphatic carbocycles. The van der Waals surface area contributed by atoms with Crippen molar-refractivity contribution in [3.63, 3.8) is 0 Å². The van der Waals surface area contributed by atoms with Crippen molar-refractivity contribution in [1.29, 1.82) is 0 Å². The molecule has 34 heavy (non-hydrogen) atoms. The van der Waals surface area contributed by atoms with E-state index in [1.165, 1.54) is 0 Å². The minimum Gasteiger partial charge on any atom is -0.497 e. The lowest BCUT2D eigenvalue weighted by molar-refractivity contribution is -0.121. The lowest BCUT2D eigenvalue weighted by Gasteiger charge is -2.24. The van der Waals surface area contributed by atoms with E-state index >= 15 is 0 Å². The molecule has 0 saturated carbocycles. The normalized spacial score (nSPS) is 15.1. The zero-order valence-electron chi connectivity index (χ0n) is 19.2. The van der Waals surface area contributed by atoms with Crippen LogP contribution in [-0.4, -0.2) is 54.8 Å². The Kier molecular flexibility index (Phi) is 7.93. The van der Waals surface area contributed by atoms with E-state index in [-0.39, 0.29) is 36.6 Å². The number of hydrogen-bond acceptors (Lipinski definition) is 6. The molecule has 1 aliphatic heterocycles. The van der Waals surface area contributed by atoms with E-state index in [0.717, 1.165) is 24.0 Å². The third-order valence-corrected chi connectivity index (χ3v) is 5.76. The predicted octanol–water partition coefficient (Wildman–Crippen LogP) is 3.68. The van der Waals surface area contributed by atoms with E-state index in [2.05, 4.69) is 10.5 Å². The summed E-state index contributed by atoms with van der Waals surface area (Å²) in [5.41, 5.74) is 1.98. The highest BCUT2D eigenvalue weighted by atomic mass is 16.5. The summed E-state index contributed by atoms with van der Waals surface area (Å²) in [5, 5.41) is 6.91. The maximum absolute atomic E-state index is 13.3. The molecule has 2 aromatic carbocycles. The maximum Gasteiger partial charge on any atom is 0.276 e. The number of aromatic nitrogens is 1. The second-order valence-corrected chi connectivity index (χ2v) is 8.21. The van der Waals surface area contributed by atoms with Crippen molar-refractivity contribution in [2.75, 3.05) is 26.8 Å². The first kappa shape index (κ1) is 23.5. The number of amides is 2. The molecule has 0 spiro atoms. The Morgan fingerprint density at radius 2 is 2.00 bits per heavy atom. The Hall–Kier alpha value is -3.65. The number of carbonyl (C=O) groups excluding carboxylic acids is 2. The summed E-state index contributed by atoms with van der Waals surface area (Å²) < 4.78 is 16.4. The van der Waals surface area contributed by atoms with Gasteiger partial charge in [0.25, 0.3) is 5.91 Å². The highest BCUT2D eigenvalue weighted by Gasteiger charge is 2.26. The van der Waals surface area contributed by atoms with Crippen LogP contribution in [0.5, 0.6) is 5.75 Å². The zero-order valence-corrected chi connectivity index (χ0v) is 19.2. The largest absolute Gasteiger partial charge is 0.497 e. The maximum atomic E-state index is 13.3. The van der Waals surface area contributed by atoms with Crippen LogP contribution in [0.2, 0.25) is 0 Å². The van der Waals surface area contributed by atoms with Crippen LogP contribution in [-0.2, 0) is 16.1 Å². The molecule has 1 N–H and O–H groups in total. The van der Waals surface area contributed by atoms with Gasteiger partial charge < -0.3 is 24.2 Å². The van der Waals surface area contributed by atoms with Crippen molar-refractivity contribution in [3.05, 3.63) is 71.9 Å². The SMILES string of the molecule is COc1cccc(-c2cc(C(=O)N(CCC(=O)NCc3ccccc3)C[C@H]3CCCO3)no2)c1. The monoisotopic (exact) mass is 463 g/mol. The summed E-state index contributed by atoms with van der Waals surface area (Å²) in [5.74, 6) is 0.749. The highest BCUT2D eigenvalue weighted by molar-refractivity contribution is 5.93. The van der Waals surface area contributed by atoms with Gasteiger partial charge in [0, 0.05) is 44.3 Å². The fourth-order valence-electron chi connectivity index (χ4n) is 3.88. The van der Waals surface area contributed by atoms with Crippen LogP contribution < -0.4 is 10.1 Å². The van der Waals surface area contributed by atoms with Gasteiger partial charge in [-0.3, -0.25) is 9.59 Å². The highest BCUT2D eigenvalue weighted by Crippen LogP contribution is 2.25. The minimum absolute atomic E-state index is 0.0407. The average molecular weight is 464 g/mol. The molecule has 178 valence electrons. The second-order valence-electron chi connectivity index (χ2n) is 8.21. The van der Waals surface area contributed by atoms with Gasteiger partial charge in [0.2, 0.25) is 5.91 Å². The average Bonchev–Trinajstić information content (AvgIpc) is 3.58. The van der Waals surface area contributed by atoms with Crippen LogP contribution in [0, 0.1) is 0 Å². The summed E-state index contributed by atoms with van der Waals surface area (Å²) in [6.07, 6.45) is 2.00. The van der Waals surface area contributed by atoms with E-state index in [0.29, 0.717) is 31.2 Å². The van der Waals surface area contributed by atoms with Gasteiger partial charge in [0.15, 0.2) is 11.5 Å². The summed E-state index contributed by atoms with van der Waals surface area (Å²) in [6, 6.07) is 18.7. The molecule has 1 aliphatic rings. The van der Waals surface area contributed by atoms with Crippen molar-refractivity contribution in [2.45, 2.75) is 31.9 Å². The standard InChI is InChI=1S/C26H29N3O5/c1-32-21-10-5-9-20(15-21)24-16-23(28-34-24)26(31)29(18-22-11-6-14-33-22)13-12-25(30)27-17-19-7-3-2-4-8-19/h2-5,7-10,15-16,22H,6,11-14,17-18H2,1H3,(H,27,30)/t22-/m1/s1. The van der Waals surface area contributed by atoms with Gasteiger partial charge in [-0.15, -0.1) is 0 Å². The molecule has 8 heteroatoms. The van der Waals surface area contributed by atoms with E-state index in [9.17, 15) is 9.59 Å². The third-order valence-electron chi connectivity index (χ3n) is 5.76. The van der Waals surface area contributed by atoms with Crippen LogP contribution in [0.4, 0.5) is 0 Å². The zero-order chi connectivity index (χ0) is 23.8. The Morgan fingerprint density at radius 3 is 2.76 bits per heavy atom. The van der Waals surface area contributed by atoms with Crippen LogP contribution in [0.15, 0.2) is 65.2 Å². The molecule has 0 unspecified atom stereocenters. The van der Waals surface area contributed by atoms with E-state index in [4.69, 9.17) is 14.0 Å². The first-order valence-electron chi connectivity index (χ1n) is 11.4. The van der Waals surface area contributed by atoms with Crippen molar-refractivity contribution in [2.24, 2.45) is 0 Å². The summed E-state index contributed by atoms with van der Waals surface area (Å²) in [7, 11) is 1.59. The summed E-state index contributed by atoms with van der Waals surface area (Å²) in [4.78, 5) is 27.4. The fourth-order valence-corrected chi connectivity index (χ4v) is 3.88. The fraction of sp³-hybridized carbons (Fsp3) is 0.346. The summed E-state index contributed by atoms with van der Waals surface area (Å²) >= 11 is 0. The number of rotatable bonds is 10. The van der Waals surface area contributed by atoms with Gasteiger partial charge in [-0.1, -0.05) is 47.6 Å². The number of nitrogens with zero attached hydrogens (tertiary/aromatic N) is 2. The van der Waals surface area contributed by atoms with Gasteiger partial charge in [-0.2, -0.15) is 0 Å². The minimum atomic E-state index is -0.288. The van der Waals surface area contributed by atoms with Crippen molar-refractivity contribution >= 4 is 11.8 Å². The van der Waals surface area contributed by atoms with Gasteiger partial charge in [-0.05, 0) is 30.5 Å². The number of benzene rings is 2. The molecular formula is C26H29N3O5. The van der Waals surface area contributed by atoms with Crippen molar-refractivity contribution < 1.29 is 23.6 Å². The summed E-state index contributed by atoms with van der Waals surface area (Å²) in [6.45, 7) is 1.81. The van der Waals surface area contributed by atoms with Gasteiger partial charge in [0.05, 0.1) is 13.2 Å². The number of nitrogens with one attached hydrogen (secondary N) is 1. The van der Waals surface area contributed by atoms with Crippen LogP contribution >= 0.6 is 0 Å². The molecule has 0 bridgehead atoms. The molecule has 8 nitrogen and oxygen atoms in total. The number of methoxy groups -OCH3 is 1. The van der Waals surface area contributed by atoms with Gasteiger partial charge in [-0.25, -0.2) is 0 Å². The number of hydrogen-bond donors (Lipinski definition) is 1. The molecule has 2 amide bonds. The quantitative estimate of drug-likeness (QED) is 0.493. The molecular weight excluding hydrogens is 434 g/mol. The molecule has 1 atom stereocenters.